The Labute approximate surface area is 249 Å². The number of hydrogen-bond donors (Lipinski definition) is 0. The Morgan fingerprint density at radius 2 is 1.10 bits per heavy atom. The Bertz CT molecular complexity index is 1990. The first-order chi connectivity index (χ1) is 20.5. The van der Waals surface area contributed by atoms with Gasteiger partial charge in [0.05, 0.1) is 11.6 Å². The van der Waals surface area contributed by atoms with Gasteiger partial charge in [-0.2, -0.15) is 5.26 Å². The van der Waals surface area contributed by atoms with E-state index >= 15 is 0 Å². The molecule has 1 aliphatic heterocycles. The molecule has 1 aliphatic rings. The molecule has 0 unspecified atom stereocenters. The second kappa shape index (κ2) is 10.4. The van der Waals surface area contributed by atoms with Crippen LogP contribution in [0.4, 0.5) is 0 Å². The van der Waals surface area contributed by atoms with E-state index in [9.17, 15) is 5.26 Å². The fourth-order valence-electron chi connectivity index (χ4n) is 5.58. The van der Waals surface area contributed by atoms with Crippen LogP contribution in [0.3, 0.4) is 0 Å². The summed E-state index contributed by atoms with van der Waals surface area (Å²) < 4.78 is 0. The lowest BCUT2D eigenvalue weighted by Crippen LogP contribution is -2.24. The molecule has 0 atom stereocenters. The maximum Gasteiger partial charge on any atom is 0.164 e. The minimum absolute atomic E-state index is 0.295. The van der Waals surface area contributed by atoms with Crippen LogP contribution >= 0.6 is 11.8 Å². The smallest absolute Gasteiger partial charge is 0.164 e. The van der Waals surface area contributed by atoms with Gasteiger partial charge in [-0.05, 0) is 52.6 Å². The highest BCUT2D eigenvalue weighted by molar-refractivity contribution is 7.99. The van der Waals surface area contributed by atoms with Crippen LogP contribution in [0.2, 0.25) is 0 Å². The molecule has 0 spiro atoms. The molecular weight excluding hydrogens is 533 g/mol. The second-order valence-corrected chi connectivity index (χ2v) is 11.9. The van der Waals surface area contributed by atoms with Crippen molar-refractivity contribution in [3.63, 3.8) is 0 Å². The molecule has 0 saturated carbocycles. The summed E-state index contributed by atoms with van der Waals surface area (Å²) in [6.45, 7) is 4.44. The van der Waals surface area contributed by atoms with Crippen LogP contribution in [0.1, 0.15) is 30.5 Å². The lowest BCUT2D eigenvalue weighted by Gasteiger charge is -2.35. The van der Waals surface area contributed by atoms with Crippen LogP contribution in [0.25, 0.3) is 45.3 Å². The molecule has 0 fully saturated rings. The standard InChI is InChI=1S/C37H26N4S/c1-37(2)30-21-24(23-38)17-19-32(30)42-33-20-18-27(22-31(33)37)35-39-34(26-13-7-4-8-14-26)40-36(41-35)29-16-10-9-15-28(29)25-11-5-3-6-12-25/h3-22H,1-2H3. The predicted octanol–water partition coefficient (Wildman–Crippen LogP) is 9.20. The number of benzene rings is 5. The Morgan fingerprint density at radius 1 is 0.548 bits per heavy atom. The molecule has 0 bridgehead atoms. The predicted molar refractivity (Wildman–Crippen MR) is 169 cm³/mol. The van der Waals surface area contributed by atoms with Crippen LogP contribution in [-0.4, -0.2) is 15.0 Å². The first kappa shape index (κ1) is 25.9. The van der Waals surface area contributed by atoms with E-state index in [0.717, 1.165) is 33.4 Å². The topological polar surface area (TPSA) is 62.5 Å². The molecule has 5 heteroatoms. The van der Waals surface area contributed by atoms with Crippen molar-refractivity contribution in [2.45, 2.75) is 29.1 Å². The molecule has 5 aromatic carbocycles. The van der Waals surface area contributed by atoms with Crippen molar-refractivity contribution in [3.05, 3.63) is 138 Å². The lowest BCUT2D eigenvalue weighted by molar-refractivity contribution is 0.607. The number of nitriles is 1. The Hall–Kier alpha value is -5.05. The average molecular weight is 559 g/mol. The van der Waals surface area contributed by atoms with Gasteiger partial charge in [-0.1, -0.05) is 117 Å². The third-order valence-corrected chi connectivity index (χ3v) is 8.99. The summed E-state index contributed by atoms with van der Waals surface area (Å²) in [6.07, 6.45) is 0. The van der Waals surface area contributed by atoms with Crippen molar-refractivity contribution in [1.82, 2.24) is 15.0 Å². The summed E-state index contributed by atoms with van der Waals surface area (Å²) in [6, 6.07) is 43.4. The van der Waals surface area contributed by atoms with Gasteiger partial charge >= 0.3 is 0 Å². The highest BCUT2D eigenvalue weighted by atomic mass is 32.2. The quantitative estimate of drug-likeness (QED) is 0.216. The van der Waals surface area contributed by atoms with E-state index in [1.54, 1.807) is 11.8 Å². The van der Waals surface area contributed by atoms with Crippen molar-refractivity contribution < 1.29 is 0 Å². The number of fused-ring (bicyclic) bond motifs is 2. The van der Waals surface area contributed by atoms with E-state index < -0.39 is 0 Å². The van der Waals surface area contributed by atoms with Gasteiger partial charge in [0.1, 0.15) is 0 Å². The van der Waals surface area contributed by atoms with Crippen molar-refractivity contribution in [3.8, 4) is 51.4 Å². The van der Waals surface area contributed by atoms with Crippen LogP contribution in [0, 0.1) is 11.3 Å². The van der Waals surface area contributed by atoms with Gasteiger partial charge in [-0.3, -0.25) is 0 Å². The molecule has 7 rings (SSSR count). The number of aromatic nitrogens is 3. The monoisotopic (exact) mass is 558 g/mol. The molecule has 4 nitrogen and oxygen atoms in total. The molecule has 0 aliphatic carbocycles. The van der Waals surface area contributed by atoms with Gasteiger partial charge in [0.15, 0.2) is 17.5 Å². The number of nitrogens with zero attached hydrogens (tertiary/aromatic N) is 4. The molecule has 0 amide bonds. The van der Waals surface area contributed by atoms with Crippen molar-refractivity contribution in [1.29, 1.82) is 5.26 Å². The maximum atomic E-state index is 9.55. The van der Waals surface area contributed by atoms with Crippen LogP contribution < -0.4 is 0 Å². The first-order valence-corrected chi connectivity index (χ1v) is 14.7. The molecule has 42 heavy (non-hydrogen) atoms. The molecule has 0 radical (unpaired) electrons. The maximum absolute atomic E-state index is 9.55. The molecule has 0 N–H and O–H groups in total. The van der Waals surface area contributed by atoms with Gasteiger partial charge in [0.2, 0.25) is 0 Å². The van der Waals surface area contributed by atoms with E-state index in [-0.39, 0.29) is 5.41 Å². The van der Waals surface area contributed by atoms with E-state index in [2.05, 4.69) is 68.4 Å². The zero-order chi connectivity index (χ0) is 28.7. The SMILES string of the molecule is CC1(C)c2cc(C#N)ccc2Sc2ccc(-c3nc(-c4ccccc4)nc(-c4ccccc4-c4ccccc4)n3)cc21. The fourth-order valence-corrected chi connectivity index (χ4v) is 6.93. The van der Waals surface area contributed by atoms with Crippen LogP contribution in [0.15, 0.2) is 131 Å². The van der Waals surface area contributed by atoms with Gasteiger partial charge in [-0.25, -0.2) is 15.0 Å². The van der Waals surface area contributed by atoms with E-state index in [0.29, 0.717) is 23.0 Å². The number of hydrogen-bond acceptors (Lipinski definition) is 5. The van der Waals surface area contributed by atoms with E-state index in [1.165, 1.54) is 15.4 Å². The van der Waals surface area contributed by atoms with Gasteiger partial charge in [0.25, 0.3) is 0 Å². The molecule has 2 heterocycles. The van der Waals surface area contributed by atoms with Crippen molar-refractivity contribution in [2.75, 3.05) is 0 Å². The summed E-state index contributed by atoms with van der Waals surface area (Å²) in [4.78, 5) is 17.5. The summed E-state index contributed by atoms with van der Waals surface area (Å²) in [5.74, 6) is 1.89. The summed E-state index contributed by atoms with van der Waals surface area (Å²) in [7, 11) is 0. The third-order valence-electron chi connectivity index (χ3n) is 7.83. The first-order valence-electron chi connectivity index (χ1n) is 13.8. The van der Waals surface area contributed by atoms with Crippen molar-refractivity contribution in [2.24, 2.45) is 0 Å². The Kier molecular flexibility index (Phi) is 6.42. The van der Waals surface area contributed by atoms with Gasteiger partial charge < -0.3 is 0 Å². The second-order valence-electron chi connectivity index (χ2n) is 10.8. The zero-order valence-corrected chi connectivity index (χ0v) is 24.1. The molecular formula is C37H26N4S. The molecule has 0 saturated heterocycles. The highest BCUT2D eigenvalue weighted by Gasteiger charge is 2.34. The van der Waals surface area contributed by atoms with Gasteiger partial charge in [-0.15, -0.1) is 0 Å². The summed E-state index contributed by atoms with van der Waals surface area (Å²) >= 11 is 1.74. The zero-order valence-electron chi connectivity index (χ0n) is 23.2. The van der Waals surface area contributed by atoms with E-state index in [1.807, 2.05) is 72.8 Å². The van der Waals surface area contributed by atoms with Gasteiger partial charge in [0, 0.05) is 31.9 Å². The summed E-state index contributed by atoms with van der Waals surface area (Å²) in [5.41, 5.74) is 7.74. The van der Waals surface area contributed by atoms with Crippen molar-refractivity contribution >= 4 is 11.8 Å². The highest BCUT2D eigenvalue weighted by Crippen LogP contribution is 2.50. The Balaban J connectivity index is 1.41. The molecule has 200 valence electrons. The van der Waals surface area contributed by atoms with E-state index in [4.69, 9.17) is 15.0 Å². The third kappa shape index (κ3) is 4.56. The van der Waals surface area contributed by atoms with Crippen LogP contribution in [0.5, 0.6) is 0 Å². The normalized spacial score (nSPS) is 13.1. The largest absolute Gasteiger partial charge is 0.208 e. The lowest BCUT2D eigenvalue weighted by atomic mass is 9.76. The fraction of sp³-hybridized carbons (Fsp3) is 0.0811. The minimum Gasteiger partial charge on any atom is -0.208 e. The Morgan fingerprint density at radius 3 is 1.79 bits per heavy atom. The average Bonchev–Trinajstić information content (AvgIpc) is 3.05. The minimum atomic E-state index is -0.295. The summed E-state index contributed by atoms with van der Waals surface area (Å²) in [5, 5.41) is 9.55. The molecule has 6 aromatic rings. The van der Waals surface area contributed by atoms with Crippen LogP contribution in [-0.2, 0) is 5.41 Å². The molecule has 1 aromatic heterocycles. The number of rotatable bonds is 4.